The number of fused-ring (bicyclic) bond motifs is 1. The van der Waals surface area contributed by atoms with Crippen LogP contribution in [0.15, 0.2) is 12.1 Å². The van der Waals surface area contributed by atoms with Crippen molar-refractivity contribution in [2.24, 2.45) is 0 Å². The standard InChI is InChI=1S/C16H23NO4/c1-3-16(2,18)9-19-13-7-15-14(20-10-21-15)6-11(13)8-17-12-4-5-12/h6-7,12,17-18H,3-5,8-10H2,1-2H3. The molecule has 2 N–H and O–H groups in total. The Morgan fingerprint density at radius 2 is 2.05 bits per heavy atom. The molecule has 0 aromatic heterocycles. The molecule has 0 spiro atoms. The lowest BCUT2D eigenvalue weighted by molar-refractivity contribution is 0.00810. The quantitative estimate of drug-likeness (QED) is 0.807. The van der Waals surface area contributed by atoms with Gasteiger partial charge < -0.3 is 24.6 Å². The minimum atomic E-state index is -0.822. The average molecular weight is 293 g/mol. The summed E-state index contributed by atoms with van der Waals surface area (Å²) in [6.07, 6.45) is 3.13. The highest BCUT2D eigenvalue weighted by atomic mass is 16.7. The van der Waals surface area contributed by atoms with Gasteiger partial charge in [-0.1, -0.05) is 6.92 Å². The molecule has 1 saturated carbocycles. The van der Waals surface area contributed by atoms with Crippen molar-refractivity contribution in [3.63, 3.8) is 0 Å². The van der Waals surface area contributed by atoms with Gasteiger partial charge in [0.2, 0.25) is 6.79 Å². The molecule has 1 aliphatic heterocycles. The average Bonchev–Trinajstić information content (AvgIpc) is 3.19. The summed E-state index contributed by atoms with van der Waals surface area (Å²) in [5, 5.41) is 13.6. The van der Waals surface area contributed by atoms with Crippen molar-refractivity contribution in [2.75, 3.05) is 13.4 Å². The fourth-order valence-corrected chi connectivity index (χ4v) is 2.11. The Labute approximate surface area is 125 Å². The van der Waals surface area contributed by atoms with Crippen LogP contribution in [0, 0.1) is 0 Å². The summed E-state index contributed by atoms with van der Waals surface area (Å²) in [6, 6.07) is 4.45. The van der Waals surface area contributed by atoms with Crippen LogP contribution in [-0.4, -0.2) is 30.1 Å². The van der Waals surface area contributed by atoms with Gasteiger partial charge in [-0.15, -0.1) is 0 Å². The van der Waals surface area contributed by atoms with Crippen LogP contribution >= 0.6 is 0 Å². The van der Waals surface area contributed by atoms with E-state index in [1.807, 2.05) is 19.1 Å². The van der Waals surface area contributed by atoms with Crippen LogP contribution in [-0.2, 0) is 6.54 Å². The summed E-state index contributed by atoms with van der Waals surface area (Å²) in [7, 11) is 0. The molecule has 1 fully saturated rings. The molecule has 116 valence electrons. The maximum absolute atomic E-state index is 10.1. The fourth-order valence-electron chi connectivity index (χ4n) is 2.11. The van der Waals surface area contributed by atoms with Gasteiger partial charge in [-0.3, -0.25) is 0 Å². The first-order valence-corrected chi connectivity index (χ1v) is 7.58. The van der Waals surface area contributed by atoms with Gasteiger partial charge in [0.15, 0.2) is 11.5 Å². The molecule has 1 atom stereocenters. The Bertz CT molecular complexity index is 511. The van der Waals surface area contributed by atoms with E-state index >= 15 is 0 Å². The van der Waals surface area contributed by atoms with Crippen molar-refractivity contribution in [1.82, 2.24) is 5.32 Å². The number of hydrogen-bond acceptors (Lipinski definition) is 5. The van der Waals surface area contributed by atoms with E-state index in [-0.39, 0.29) is 13.4 Å². The monoisotopic (exact) mass is 293 g/mol. The zero-order valence-corrected chi connectivity index (χ0v) is 12.6. The summed E-state index contributed by atoms with van der Waals surface area (Å²) in [4.78, 5) is 0. The van der Waals surface area contributed by atoms with Gasteiger partial charge in [0.1, 0.15) is 12.4 Å². The molecule has 0 amide bonds. The van der Waals surface area contributed by atoms with Crippen LogP contribution in [0.3, 0.4) is 0 Å². The van der Waals surface area contributed by atoms with Crippen molar-refractivity contribution in [2.45, 2.75) is 51.3 Å². The third-order valence-corrected chi connectivity index (χ3v) is 4.01. The van der Waals surface area contributed by atoms with Gasteiger partial charge in [-0.2, -0.15) is 0 Å². The van der Waals surface area contributed by atoms with Crippen molar-refractivity contribution in [1.29, 1.82) is 0 Å². The van der Waals surface area contributed by atoms with E-state index < -0.39 is 5.60 Å². The Hall–Kier alpha value is -1.46. The maximum Gasteiger partial charge on any atom is 0.231 e. The molecule has 1 heterocycles. The van der Waals surface area contributed by atoms with E-state index in [9.17, 15) is 5.11 Å². The lowest BCUT2D eigenvalue weighted by Gasteiger charge is -2.22. The Morgan fingerprint density at radius 3 is 2.71 bits per heavy atom. The molecule has 1 aliphatic carbocycles. The number of ether oxygens (including phenoxy) is 3. The lowest BCUT2D eigenvalue weighted by atomic mass is 10.1. The van der Waals surface area contributed by atoms with Crippen LogP contribution in [0.4, 0.5) is 0 Å². The number of benzene rings is 1. The van der Waals surface area contributed by atoms with Crippen molar-refractivity contribution in [3.8, 4) is 17.2 Å². The first-order chi connectivity index (χ1) is 10.1. The van der Waals surface area contributed by atoms with Crippen LogP contribution in [0.1, 0.15) is 38.7 Å². The van der Waals surface area contributed by atoms with E-state index in [0.717, 1.165) is 23.6 Å². The summed E-state index contributed by atoms with van der Waals surface area (Å²) in [5.74, 6) is 2.22. The third-order valence-electron chi connectivity index (χ3n) is 4.01. The van der Waals surface area contributed by atoms with Gasteiger partial charge in [0.05, 0.1) is 5.60 Å². The zero-order valence-electron chi connectivity index (χ0n) is 12.6. The molecule has 2 aliphatic rings. The number of nitrogens with one attached hydrogen (secondary N) is 1. The largest absolute Gasteiger partial charge is 0.490 e. The third kappa shape index (κ3) is 3.60. The van der Waals surface area contributed by atoms with Crippen LogP contribution in [0.25, 0.3) is 0 Å². The van der Waals surface area contributed by atoms with Gasteiger partial charge in [0, 0.05) is 24.2 Å². The second-order valence-corrected chi connectivity index (χ2v) is 6.11. The van der Waals surface area contributed by atoms with E-state index in [1.54, 1.807) is 6.92 Å². The van der Waals surface area contributed by atoms with Crippen molar-refractivity contribution < 1.29 is 19.3 Å². The molecule has 0 saturated heterocycles. The Morgan fingerprint density at radius 1 is 1.33 bits per heavy atom. The smallest absolute Gasteiger partial charge is 0.231 e. The predicted octanol–water partition coefficient (Wildman–Crippen LogP) is 2.21. The van der Waals surface area contributed by atoms with E-state index in [2.05, 4.69) is 5.32 Å². The second-order valence-electron chi connectivity index (χ2n) is 6.11. The molecule has 1 unspecified atom stereocenters. The number of hydrogen-bond donors (Lipinski definition) is 2. The molecule has 5 heteroatoms. The van der Waals surface area contributed by atoms with Crippen LogP contribution in [0.5, 0.6) is 17.2 Å². The number of rotatable bonds is 7. The molecule has 1 aromatic rings. The molecular weight excluding hydrogens is 270 g/mol. The Kier molecular flexibility index (Phi) is 3.95. The normalized spacial score (nSPS) is 19.4. The van der Waals surface area contributed by atoms with Gasteiger partial charge in [-0.25, -0.2) is 0 Å². The molecule has 3 rings (SSSR count). The first kappa shape index (κ1) is 14.5. The van der Waals surface area contributed by atoms with Crippen LogP contribution < -0.4 is 19.5 Å². The van der Waals surface area contributed by atoms with Gasteiger partial charge in [-0.05, 0) is 32.3 Å². The molecule has 1 aromatic carbocycles. The highest BCUT2D eigenvalue weighted by Crippen LogP contribution is 2.38. The van der Waals surface area contributed by atoms with Gasteiger partial charge >= 0.3 is 0 Å². The highest BCUT2D eigenvalue weighted by molar-refractivity contribution is 5.51. The molecular formula is C16H23NO4. The van der Waals surface area contributed by atoms with Crippen molar-refractivity contribution in [3.05, 3.63) is 17.7 Å². The molecule has 0 bridgehead atoms. The first-order valence-electron chi connectivity index (χ1n) is 7.58. The summed E-state index contributed by atoms with van der Waals surface area (Å²) < 4.78 is 16.7. The van der Waals surface area contributed by atoms with E-state index in [4.69, 9.17) is 14.2 Å². The maximum atomic E-state index is 10.1. The predicted molar refractivity (Wildman–Crippen MR) is 78.8 cm³/mol. The second kappa shape index (κ2) is 5.73. The Balaban J connectivity index is 1.75. The SMILES string of the molecule is CCC(C)(O)COc1cc2c(cc1CNC1CC1)OCO2. The molecule has 0 radical (unpaired) electrons. The minimum Gasteiger partial charge on any atom is -0.490 e. The zero-order chi connectivity index (χ0) is 14.9. The molecule has 5 nitrogen and oxygen atoms in total. The molecule has 21 heavy (non-hydrogen) atoms. The van der Waals surface area contributed by atoms with Crippen LogP contribution in [0.2, 0.25) is 0 Å². The number of aliphatic hydroxyl groups is 1. The topological polar surface area (TPSA) is 60.0 Å². The lowest BCUT2D eigenvalue weighted by Crippen LogP contribution is -2.31. The summed E-state index contributed by atoms with van der Waals surface area (Å²) in [6.45, 7) is 4.98. The van der Waals surface area contributed by atoms with E-state index in [1.165, 1.54) is 12.8 Å². The van der Waals surface area contributed by atoms with E-state index in [0.29, 0.717) is 18.2 Å². The summed E-state index contributed by atoms with van der Waals surface area (Å²) >= 11 is 0. The van der Waals surface area contributed by atoms with Crippen molar-refractivity contribution >= 4 is 0 Å². The van der Waals surface area contributed by atoms with Gasteiger partial charge in [0.25, 0.3) is 0 Å². The highest BCUT2D eigenvalue weighted by Gasteiger charge is 2.24. The summed E-state index contributed by atoms with van der Waals surface area (Å²) in [5.41, 5.74) is 0.218. The fraction of sp³-hybridized carbons (Fsp3) is 0.625. The minimum absolute atomic E-state index is 0.251.